The Hall–Kier alpha value is -2.17. The molecule has 4 rings (SSSR count). The second-order valence-corrected chi connectivity index (χ2v) is 6.42. The van der Waals surface area contributed by atoms with Gasteiger partial charge in [0, 0.05) is 0 Å². The number of nitrogens with zero attached hydrogens (tertiary/aromatic N) is 1. The van der Waals surface area contributed by atoms with Gasteiger partial charge in [0.1, 0.15) is 12.4 Å². The van der Waals surface area contributed by atoms with E-state index < -0.39 is 0 Å². The lowest BCUT2D eigenvalue weighted by Crippen LogP contribution is -2.24. The molecule has 2 fully saturated rings. The van der Waals surface area contributed by atoms with Crippen molar-refractivity contribution in [1.29, 1.82) is 0 Å². The van der Waals surface area contributed by atoms with Crippen molar-refractivity contribution < 1.29 is 9.53 Å². The molecule has 2 bridgehead atoms. The van der Waals surface area contributed by atoms with Gasteiger partial charge in [-0.05, 0) is 43.2 Å². The molecule has 2 aromatic rings. The summed E-state index contributed by atoms with van der Waals surface area (Å²) in [6, 6.07) is 7.14. The SMILES string of the molecule is O=C(OCc1nc2ccccc2c(=O)[nH]1)[C@@H]1C[C@H]2CC[C@H]1C2. The van der Waals surface area contributed by atoms with E-state index in [1.165, 1.54) is 12.8 Å². The van der Waals surface area contributed by atoms with Gasteiger partial charge < -0.3 is 9.72 Å². The van der Waals surface area contributed by atoms with Gasteiger partial charge in [-0.25, -0.2) is 4.98 Å². The highest BCUT2D eigenvalue weighted by Crippen LogP contribution is 2.48. The number of nitrogens with one attached hydrogen (secondary N) is 1. The number of aromatic nitrogens is 2. The van der Waals surface area contributed by atoms with Gasteiger partial charge in [0.2, 0.25) is 0 Å². The lowest BCUT2D eigenvalue weighted by Gasteiger charge is -2.19. The molecule has 1 aromatic carbocycles. The number of ether oxygens (including phenoxy) is 1. The van der Waals surface area contributed by atoms with Gasteiger partial charge in [-0.1, -0.05) is 18.6 Å². The zero-order chi connectivity index (χ0) is 15.1. The first-order valence-corrected chi connectivity index (χ1v) is 7.85. The molecule has 3 atom stereocenters. The van der Waals surface area contributed by atoms with E-state index in [-0.39, 0.29) is 24.1 Å². The second kappa shape index (κ2) is 5.23. The fraction of sp³-hybridized carbons (Fsp3) is 0.471. The highest BCUT2D eigenvalue weighted by molar-refractivity contribution is 5.77. The van der Waals surface area contributed by atoms with Crippen LogP contribution in [0.2, 0.25) is 0 Å². The van der Waals surface area contributed by atoms with Crippen LogP contribution in [-0.4, -0.2) is 15.9 Å². The van der Waals surface area contributed by atoms with E-state index in [9.17, 15) is 9.59 Å². The Morgan fingerprint density at radius 2 is 2.14 bits per heavy atom. The maximum Gasteiger partial charge on any atom is 0.309 e. The Balaban J connectivity index is 1.47. The van der Waals surface area contributed by atoms with E-state index in [2.05, 4.69) is 9.97 Å². The quantitative estimate of drug-likeness (QED) is 0.883. The van der Waals surface area contributed by atoms with E-state index in [4.69, 9.17) is 4.74 Å². The maximum atomic E-state index is 12.2. The molecule has 0 amide bonds. The number of benzene rings is 1. The number of rotatable bonds is 3. The second-order valence-electron chi connectivity index (χ2n) is 6.42. The third-order valence-electron chi connectivity index (χ3n) is 5.05. The zero-order valence-electron chi connectivity index (χ0n) is 12.2. The van der Waals surface area contributed by atoms with Gasteiger partial charge in [-0.15, -0.1) is 0 Å². The van der Waals surface area contributed by atoms with E-state index in [1.807, 2.05) is 6.07 Å². The lowest BCUT2D eigenvalue weighted by atomic mass is 9.89. The van der Waals surface area contributed by atoms with Crippen LogP contribution in [0.4, 0.5) is 0 Å². The number of carbonyl (C=O) groups is 1. The smallest absolute Gasteiger partial charge is 0.309 e. The van der Waals surface area contributed by atoms with Crippen LogP contribution in [0.1, 0.15) is 31.5 Å². The molecular weight excluding hydrogens is 280 g/mol. The van der Waals surface area contributed by atoms with Crippen LogP contribution in [-0.2, 0) is 16.1 Å². The number of H-pyrrole nitrogens is 1. The molecule has 1 aromatic heterocycles. The first-order chi connectivity index (χ1) is 10.7. The van der Waals surface area contributed by atoms with Crippen LogP contribution < -0.4 is 5.56 Å². The van der Waals surface area contributed by atoms with Crippen LogP contribution in [0.15, 0.2) is 29.1 Å². The van der Waals surface area contributed by atoms with E-state index >= 15 is 0 Å². The Morgan fingerprint density at radius 1 is 1.27 bits per heavy atom. The van der Waals surface area contributed by atoms with Gasteiger partial charge >= 0.3 is 5.97 Å². The van der Waals surface area contributed by atoms with Crippen LogP contribution in [0.5, 0.6) is 0 Å². The molecular formula is C17H18N2O3. The van der Waals surface area contributed by atoms with E-state index in [0.29, 0.717) is 28.6 Å². The summed E-state index contributed by atoms with van der Waals surface area (Å²) < 4.78 is 5.40. The van der Waals surface area contributed by atoms with E-state index in [1.54, 1.807) is 18.2 Å². The molecule has 5 heteroatoms. The van der Waals surface area contributed by atoms with E-state index in [0.717, 1.165) is 12.8 Å². The van der Waals surface area contributed by atoms with Crippen LogP contribution in [0.3, 0.4) is 0 Å². The topological polar surface area (TPSA) is 72.0 Å². The monoisotopic (exact) mass is 298 g/mol. The fourth-order valence-corrected chi connectivity index (χ4v) is 3.98. The number of carbonyl (C=O) groups excluding carboxylic acids is 1. The van der Waals surface area contributed by atoms with Gasteiger partial charge in [0.05, 0.1) is 16.8 Å². The molecule has 1 heterocycles. The summed E-state index contributed by atoms with van der Waals surface area (Å²) in [5.41, 5.74) is 0.425. The minimum atomic E-state index is -0.198. The third-order valence-corrected chi connectivity index (χ3v) is 5.05. The first kappa shape index (κ1) is 13.5. The predicted octanol–water partition coefficient (Wildman–Crippen LogP) is 2.40. The van der Waals surface area contributed by atoms with Crippen molar-refractivity contribution in [3.8, 4) is 0 Å². The van der Waals surface area contributed by atoms with Gasteiger partial charge in [-0.2, -0.15) is 0 Å². The summed E-state index contributed by atoms with van der Waals surface area (Å²) >= 11 is 0. The highest BCUT2D eigenvalue weighted by Gasteiger charge is 2.43. The Morgan fingerprint density at radius 3 is 2.91 bits per heavy atom. The summed E-state index contributed by atoms with van der Waals surface area (Å²) in [7, 11) is 0. The number of esters is 1. The van der Waals surface area contributed by atoms with Crippen molar-refractivity contribution in [2.45, 2.75) is 32.3 Å². The molecule has 2 aliphatic carbocycles. The highest BCUT2D eigenvalue weighted by atomic mass is 16.5. The van der Waals surface area contributed by atoms with Crippen molar-refractivity contribution in [1.82, 2.24) is 9.97 Å². The fourth-order valence-electron chi connectivity index (χ4n) is 3.98. The largest absolute Gasteiger partial charge is 0.457 e. The van der Waals surface area contributed by atoms with Crippen molar-refractivity contribution in [2.24, 2.45) is 17.8 Å². The normalized spacial score (nSPS) is 26.5. The summed E-state index contributed by atoms with van der Waals surface area (Å²) in [5, 5.41) is 0.547. The van der Waals surface area contributed by atoms with Gasteiger partial charge in [0.25, 0.3) is 5.56 Å². The molecule has 0 radical (unpaired) electrons. The minimum Gasteiger partial charge on any atom is -0.457 e. The Bertz CT molecular complexity index is 783. The number of hydrogen-bond acceptors (Lipinski definition) is 4. The lowest BCUT2D eigenvalue weighted by molar-refractivity contribution is -0.152. The summed E-state index contributed by atoms with van der Waals surface area (Å²) in [5.74, 6) is 1.52. The minimum absolute atomic E-state index is 0.0345. The zero-order valence-corrected chi connectivity index (χ0v) is 12.2. The molecule has 0 spiro atoms. The summed E-state index contributed by atoms with van der Waals surface area (Å²) in [6.45, 7) is 0.0345. The maximum absolute atomic E-state index is 12.2. The third kappa shape index (κ3) is 2.30. The molecule has 5 nitrogen and oxygen atoms in total. The molecule has 1 N–H and O–H groups in total. The predicted molar refractivity (Wildman–Crippen MR) is 81.1 cm³/mol. The molecule has 2 saturated carbocycles. The molecule has 2 aliphatic rings. The number of para-hydroxylation sites is 1. The van der Waals surface area contributed by atoms with Crippen LogP contribution in [0, 0.1) is 17.8 Å². The molecule has 0 aliphatic heterocycles. The van der Waals surface area contributed by atoms with Crippen molar-refractivity contribution in [2.75, 3.05) is 0 Å². The number of hydrogen-bond donors (Lipinski definition) is 1. The molecule has 22 heavy (non-hydrogen) atoms. The van der Waals surface area contributed by atoms with Crippen molar-refractivity contribution in [3.05, 3.63) is 40.4 Å². The van der Waals surface area contributed by atoms with Crippen molar-refractivity contribution in [3.63, 3.8) is 0 Å². The molecule has 114 valence electrons. The van der Waals surface area contributed by atoms with Crippen molar-refractivity contribution >= 4 is 16.9 Å². The van der Waals surface area contributed by atoms with Crippen LogP contribution >= 0.6 is 0 Å². The van der Waals surface area contributed by atoms with Crippen LogP contribution in [0.25, 0.3) is 10.9 Å². The Kier molecular flexibility index (Phi) is 3.21. The van der Waals surface area contributed by atoms with Gasteiger partial charge in [0.15, 0.2) is 0 Å². The van der Waals surface area contributed by atoms with Gasteiger partial charge in [-0.3, -0.25) is 9.59 Å². The number of aromatic amines is 1. The summed E-state index contributed by atoms with van der Waals surface area (Å²) in [6.07, 6.45) is 4.54. The average molecular weight is 298 g/mol. The summed E-state index contributed by atoms with van der Waals surface area (Å²) in [4.78, 5) is 31.2. The molecule has 0 saturated heterocycles. The molecule has 0 unspecified atom stereocenters. The average Bonchev–Trinajstić information content (AvgIpc) is 3.16. The first-order valence-electron chi connectivity index (χ1n) is 7.85. The number of fused-ring (bicyclic) bond motifs is 3. The standard InChI is InChI=1S/C17H18N2O3/c20-16-12-3-1-2-4-14(12)18-15(19-16)9-22-17(21)13-8-10-5-6-11(13)7-10/h1-4,10-11,13H,5-9H2,(H,18,19,20)/t10-,11-,13+/m0/s1. The Labute approximate surface area is 127 Å².